The van der Waals surface area contributed by atoms with Gasteiger partial charge in [-0.25, -0.2) is 0 Å². The third kappa shape index (κ3) is 4.39. The number of phenols is 1. The Morgan fingerprint density at radius 2 is 2.00 bits per heavy atom. The zero-order chi connectivity index (χ0) is 12.8. The molecule has 0 spiro atoms. The second-order valence-electron chi connectivity index (χ2n) is 5.23. The van der Waals surface area contributed by atoms with Crippen LogP contribution >= 0.6 is 0 Å². The minimum absolute atomic E-state index is 0.0587. The molecule has 0 saturated heterocycles. The van der Waals surface area contributed by atoms with Crippen LogP contribution in [-0.2, 0) is 6.42 Å². The molecule has 1 aromatic rings. The molecule has 0 heterocycles. The largest absolute Gasteiger partial charge is 0.508 e. The van der Waals surface area contributed by atoms with Crippen LogP contribution in [0.25, 0.3) is 0 Å². The number of aromatic hydroxyl groups is 1. The molecule has 17 heavy (non-hydrogen) atoms. The molecule has 0 aliphatic heterocycles. The van der Waals surface area contributed by atoms with Gasteiger partial charge < -0.3 is 10.8 Å². The summed E-state index contributed by atoms with van der Waals surface area (Å²) in [5.41, 5.74) is 8.31. The fourth-order valence-corrected chi connectivity index (χ4v) is 2.07. The second-order valence-corrected chi connectivity index (χ2v) is 5.23. The number of nitrogens with two attached hydrogens (primary N) is 1. The lowest BCUT2D eigenvalue weighted by Gasteiger charge is -2.17. The Hall–Kier alpha value is -1.02. The average Bonchev–Trinajstić information content (AvgIpc) is 2.27. The molecular weight excluding hydrogens is 210 g/mol. The van der Waals surface area contributed by atoms with E-state index in [-0.39, 0.29) is 6.04 Å². The first-order valence-electron chi connectivity index (χ1n) is 6.62. The molecule has 2 heteroatoms. The van der Waals surface area contributed by atoms with Crippen LogP contribution in [0, 0.1) is 5.92 Å². The molecule has 0 aliphatic carbocycles. The van der Waals surface area contributed by atoms with Crippen molar-refractivity contribution in [3.8, 4) is 5.75 Å². The lowest BCUT2D eigenvalue weighted by atomic mass is 9.94. The summed E-state index contributed by atoms with van der Waals surface area (Å²) in [5, 5.41) is 9.86. The van der Waals surface area contributed by atoms with Gasteiger partial charge in [0, 0.05) is 11.6 Å². The van der Waals surface area contributed by atoms with E-state index in [9.17, 15) is 5.11 Å². The van der Waals surface area contributed by atoms with E-state index in [2.05, 4.69) is 26.8 Å². The van der Waals surface area contributed by atoms with E-state index in [1.165, 1.54) is 18.4 Å². The van der Waals surface area contributed by atoms with Crippen LogP contribution in [0.3, 0.4) is 0 Å². The Kier molecular flexibility index (Phi) is 5.49. The average molecular weight is 235 g/mol. The summed E-state index contributed by atoms with van der Waals surface area (Å²) in [6.45, 7) is 6.49. The fraction of sp³-hybridized carbons (Fsp3) is 0.600. The van der Waals surface area contributed by atoms with Crippen LogP contribution in [0.4, 0.5) is 0 Å². The van der Waals surface area contributed by atoms with Gasteiger partial charge in [-0.1, -0.05) is 39.3 Å². The molecule has 3 N–H and O–H groups in total. The molecule has 1 aromatic carbocycles. The predicted molar refractivity (Wildman–Crippen MR) is 73.1 cm³/mol. The quantitative estimate of drug-likeness (QED) is 0.788. The van der Waals surface area contributed by atoms with Crippen molar-refractivity contribution >= 4 is 0 Å². The monoisotopic (exact) mass is 235 g/mol. The molecule has 0 saturated carbocycles. The van der Waals surface area contributed by atoms with E-state index in [0.717, 1.165) is 18.4 Å². The zero-order valence-electron chi connectivity index (χ0n) is 11.2. The van der Waals surface area contributed by atoms with Crippen molar-refractivity contribution < 1.29 is 5.11 Å². The standard InChI is InChI=1S/C15H25NO/c1-4-5-6-12-7-8-15(17)13(10-12)14(16)9-11(2)3/h7-8,10-11,14,17H,4-6,9,16H2,1-3H3. The highest BCUT2D eigenvalue weighted by molar-refractivity contribution is 5.38. The highest BCUT2D eigenvalue weighted by Crippen LogP contribution is 2.28. The summed E-state index contributed by atoms with van der Waals surface area (Å²) in [6.07, 6.45) is 4.35. The molecule has 0 radical (unpaired) electrons. The minimum atomic E-state index is -0.0587. The van der Waals surface area contributed by atoms with Crippen LogP contribution in [0.15, 0.2) is 18.2 Å². The highest BCUT2D eigenvalue weighted by atomic mass is 16.3. The third-order valence-electron chi connectivity index (χ3n) is 3.04. The van der Waals surface area contributed by atoms with Gasteiger partial charge >= 0.3 is 0 Å². The van der Waals surface area contributed by atoms with Crippen molar-refractivity contribution in [1.29, 1.82) is 0 Å². The molecule has 2 nitrogen and oxygen atoms in total. The summed E-state index contributed by atoms with van der Waals surface area (Å²) in [6, 6.07) is 5.78. The predicted octanol–water partition coefficient (Wildman–Crippen LogP) is 3.78. The van der Waals surface area contributed by atoms with Gasteiger partial charge in [-0.3, -0.25) is 0 Å². The molecule has 0 amide bonds. The fourth-order valence-electron chi connectivity index (χ4n) is 2.07. The van der Waals surface area contributed by atoms with Crippen molar-refractivity contribution in [2.75, 3.05) is 0 Å². The van der Waals surface area contributed by atoms with Gasteiger partial charge in [-0.2, -0.15) is 0 Å². The number of hydrogen-bond donors (Lipinski definition) is 2. The van der Waals surface area contributed by atoms with Gasteiger partial charge in [0.2, 0.25) is 0 Å². The van der Waals surface area contributed by atoms with Crippen molar-refractivity contribution in [2.45, 2.75) is 52.5 Å². The van der Waals surface area contributed by atoms with E-state index in [1.54, 1.807) is 6.07 Å². The highest BCUT2D eigenvalue weighted by Gasteiger charge is 2.13. The molecule has 0 aliphatic rings. The molecule has 0 bridgehead atoms. The van der Waals surface area contributed by atoms with Gasteiger partial charge in [0.1, 0.15) is 5.75 Å². The van der Waals surface area contributed by atoms with Crippen LogP contribution in [0.2, 0.25) is 0 Å². The van der Waals surface area contributed by atoms with Crippen molar-refractivity contribution in [3.63, 3.8) is 0 Å². The number of rotatable bonds is 6. The van der Waals surface area contributed by atoms with Gasteiger partial charge in [-0.05, 0) is 36.8 Å². The Morgan fingerprint density at radius 3 is 2.59 bits per heavy atom. The third-order valence-corrected chi connectivity index (χ3v) is 3.04. The number of unbranched alkanes of at least 4 members (excludes halogenated alkanes) is 1. The maximum absolute atomic E-state index is 9.86. The topological polar surface area (TPSA) is 46.2 Å². The summed E-state index contributed by atoms with van der Waals surface area (Å²) in [4.78, 5) is 0. The Morgan fingerprint density at radius 1 is 1.29 bits per heavy atom. The van der Waals surface area contributed by atoms with E-state index in [1.807, 2.05) is 6.07 Å². The number of phenolic OH excluding ortho intramolecular Hbond substituents is 1. The van der Waals surface area contributed by atoms with E-state index < -0.39 is 0 Å². The van der Waals surface area contributed by atoms with Crippen LogP contribution in [0.1, 0.15) is 57.2 Å². The molecule has 1 rings (SSSR count). The van der Waals surface area contributed by atoms with Crippen molar-refractivity contribution in [1.82, 2.24) is 0 Å². The van der Waals surface area contributed by atoms with Crippen LogP contribution in [0.5, 0.6) is 5.75 Å². The van der Waals surface area contributed by atoms with Crippen LogP contribution < -0.4 is 5.73 Å². The van der Waals surface area contributed by atoms with E-state index in [4.69, 9.17) is 5.73 Å². The zero-order valence-corrected chi connectivity index (χ0v) is 11.2. The van der Waals surface area contributed by atoms with Gasteiger partial charge in [0.25, 0.3) is 0 Å². The number of hydrogen-bond acceptors (Lipinski definition) is 2. The Bertz CT molecular complexity index is 347. The maximum atomic E-state index is 9.86. The van der Waals surface area contributed by atoms with E-state index in [0.29, 0.717) is 11.7 Å². The summed E-state index contributed by atoms with van der Waals surface area (Å²) in [5.74, 6) is 0.877. The maximum Gasteiger partial charge on any atom is 0.120 e. The van der Waals surface area contributed by atoms with Crippen molar-refractivity contribution in [2.24, 2.45) is 11.7 Å². The summed E-state index contributed by atoms with van der Waals surface area (Å²) < 4.78 is 0. The van der Waals surface area contributed by atoms with Gasteiger partial charge in [-0.15, -0.1) is 0 Å². The van der Waals surface area contributed by atoms with Gasteiger partial charge in [0.15, 0.2) is 0 Å². The van der Waals surface area contributed by atoms with Crippen molar-refractivity contribution in [3.05, 3.63) is 29.3 Å². The first-order valence-corrected chi connectivity index (χ1v) is 6.62. The molecule has 96 valence electrons. The lowest BCUT2D eigenvalue weighted by Crippen LogP contribution is -2.13. The summed E-state index contributed by atoms with van der Waals surface area (Å²) in [7, 11) is 0. The van der Waals surface area contributed by atoms with E-state index >= 15 is 0 Å². The molecule has 0 aromatic heterocycles. The first kappa shape index (κ1) is 14.0. The molecule has 1 unspecified atom stereocenters. The number of aryl methyl sites for hydroxylation is 1. The second kappa shape index (κ2) is 6.65. The molecule has 0 fully saturated rings. The normalized spacial score (nSPS) is 13.0. The minimum Gasteiger partial charge on any atom is -0.508 e. The molecular formula is C15H25NO. The SMILES string of the molecule is CCCCc1ccc(O)c(C(N)CC(C)C)c1. The summed E-state index contributed by atoms with van der Waals surface area (Å²) >= 11 is 0. The van der Waals surface area contributed by atoms with Crippen LogP contribution in [-0.4, -0.2) is 5.11 Å². The smallest absolute Gasteiger partial charge is 0.120 e. The Labute approximate surface area is 105 Å². The number of benzene rings is 1. The molecule has 1 atom stereocenters. The lowest BCUT2D eigenvalue weighted by molar-refractivity contribution is 0.445. The Balaban J connectivity index is 2.81. The first-order chi connectivity index (χ1) is 8.04. The van der Waals surface area contributed by atoms with Gasteiger partial charge in [0.05, 0.1) is 0 Å².